The third-order valence-electron chi connectivity index (χ3n) is 11.3. The highest BCUT2D eigenvalue weighted by atomic mass is 35.5. The van der Waals surface area contributed by atoms with Crippen molar-refractivity contribution in [2.75, 3.05) is 25.2 Å². The maximum Gasteiger partial charge on any atom is 0.354 e. The van der Waals surface area contributed by atoms with E-state index in [9.17, 15) is 9.90 Å². The van der Waals surface area contributed by atoms with Crippen molar-refractivity contribution in [2.24, 2.45) is 7.05 Å². The van der Waals surface area contributed by atoms with Gasteiger partial charge in [-0.3, -0.25) is 9.48 Å². The van der Waals surface area contributed by atoms with E-state index in [1.807, 2.05) is 100 Å². The first-order valence-corrected chi connectivity index (χ1v) is 20.0. The minimum absolute atomic E-state index is 0.00442. The molecule has 0 aliphatic carbocycles. The summed E-state index contributed by atoms with van der Waals surface area (Å²) in [5.41, 5.74) is 9.24. The minimum atomic E-state index is -1.15. The molecule has 1 aliphatic heterocycles. The number of amides is 1. The molecule has 8 rings (SSSR count). The maximum absolute atomic E-state index is 15.4. The lowest BCUT2D eigenvalue weighted by atomic mass is 9.98. The fraction of sp³-hybridized carbons (Fsp3) is 0.289. The Kier molecular flexibility index (Phi) is 10.2. The minimum Gasteiger partial charge on any atom is -0.494 e. The van der Waals surface area contributed by atoms with Crippen LogP contribution in [0.2, 0.25) is 10.0 Å². The average Bonchev–Trinajstić information content (AvgIpc) is 3.80. The quantitative estimate of drug-likeness (QED) is 0.129. The van der Waals surface area contributed by atoms with E-state index in [1.165, 1.54) is 0 Å². The molecular formula is C45H44Cl2N6O5. The number of rotatable bonds is 11. The predicted molar refractivity (Wildman–Crippen MR) is 229 cm³/mol. The number of carbonyl (C=O) groups excluding carboxylic acids is 1. The number of methoxy groups -OCH3 is 1. The zero-order valence-corrected chi connectivity index (χ0v) is 35.0. The highest BCUT2D eigenvalue weighted by molar-refractivity contribution is 6.35. The lowest BCUT2D eigenvalue weighted by molar-refractivity contribution is 0.0687. The molecule has 0 radical (unpaired) electrons. The van der Waals surface area contributed by atoms with Crippen LogP contribution in [0.15, 0.2) is 66.7 Å². The largest absolute Gasteiger partial charge is 0.494 e. The van der Waals surface area contributed by atoms with E-state index in [1.54, 1.807) is 22.6 Å². The molecule has 1 aliphatic rings. The van der Waals surface area contributed by atoms with E-state index < -0.39 is 5.97 Å². The number of hydrogen-bond acceptors (Lipinski definition) is 6. The summed E-state index contributed by atoms with van der Waals surface area (Å²) in [4.78, 5) is 35.1. The van der Waals surface area contributed by atoms with Crippen molar-refractivity contribution >= 4 is 62.6 Å². The molecule has 0 saturated heterocycles. The van der Waals surface area contributed by atoms with Gasteiger partial charge in [0.05, 0.1) is 53.4 Å². The smallest absolute Gasteiger partial charge is 0.354 e. The van der Waals surface area contributed by atoms with Crippen LogP contribution in [0.3, 0.4) is 0 Å². The summed E-state index contributed by atoms with van der Waals surface area (Å²) in [7, 11) is 3.45. The first kappa shape index (κ1) is 39.1. The summed E-state index contributed by atoms with van der Waals surface area (Å²) in [5.74, 6) is -0.285. The van der Waals surface area contributed by atoms with Crippen LogP contribution in [0, 0.1) is 27.7 Å². The second-order valence-electron chi connectivity index (χ2n) is 15.0. The molecule has 13 heteroatoms. The van der Waals surface area contributed by atoms with Gasteiger partial charge in [0.25, 0.3) is 5.91 Å². The number of fused-ring (bicyclic) bond motifs is 4. The third kappa shape index (κ3) is 6.46. The van der Waals surface area contributed by atoms with Crippen molar-refractivity contribution in [1.29, 1.82) is 0 Å². The zero-order valence-electron chi connectivity index (χ0n) is 33.5. The van der Waals surface area contributed by atoms with Crippen LogP contribution in [0.25, 0.3) is 32.9 Å². The number of para-hydroxylation sites is 1. The first-order chi connectivity index (χ1) is 27.8. The number of aromatic carboxylic acids is 1. The van der Waals surface area contributed by atoms with Gasteiger partial charge in [0.2, 0.25) is 5.88 Å². The Labute approximate surface area is 346 Å². The molecule has 0 spiro atoms. The van der Waals surface area contributed by atoms with Gasteiger partial charge in [-0.05, 0) is 94.5 Å². The Morgan fingerprint density at radius 1 is 0.966 bits per heavy atom. The van der Waals surface area contributed by atoms with E-state index in [2.05, 4.69) is 16.5 Å². The van der Waals surface area contributed by atoms with Gasteiger partial charge in [0.1, 0.15) is 11.4 Å². The normalized spacial score (nSPS) is 14.1. The van der Waals surface area contributed by atoms with Crippen molar-refractivity contribution in [1.82, 2.24) is 23.9 Å². The predicted octanol–water partition coefficient (Wildman–Crippen LogP) is 9.92. The van der Waals surface area contributed by atoms with Gasteiger partial charge >= 0.3 is 5.97 Å². The summed E-state index contributed by atoms with van der Waals surface area (Å²) < 4.78 is 17.3. The maximum atomic E-state index is 15.4. The van der Waals surface area contributed by atoms with E-state index in [0.717, 1.165) is 60.9 Å². The third-order valence-corrected chi connectivity index (χ3v) is 12.2. The van der Waals surface area contributed by atoms with Gasteiger partial charge in [0, 0.05) is 58.3 Å². The Balaban J connectivity index is 1.29. The summed E-state index contributed by atoms with van der Waals surface area (Å²) in [6.07, 6.45) is 1.11. The van der Waals surface area contributed by atoms with E-state index in [4.69, 9.17) is 37.8 Å². The SMILES string of the molecule is COc1cccc(Cn2c(C(=O)O)c(N3C[C@@H](C)n4c(c(CCCOc5cc(C)c(Cl)c(C)c5)c5ccc(Cl)c(-c6c(C)nn(C)c6C)c54)C3=O)c3ccccc32)n1. The van der Waals surface area contributed by atoms with Crippen LogP contribution >= 0.6 is 23.2 Å². The molecule has 1 N–H and O–H groups in total. The number of halogens is 2. The highest BCUT2D eigenvalue weighted by Crippen LogP contribution is 2.46. The van der Waals surface area contributed by atoms with Crippen LogP contribution in [0.1, 0.15) is 74.1 Å². The van der Waals surface area contributed by atoms with Gasteiger partial charge in [-0.2, -0.15) is 5.10 Å². The molecule has 298 valence electrons. The number of carboxylic acids is 1. The first-order valence-electron chi connectivity index (χ1n) is 19.2. The number of benzene rings is 3. The Bertz CT molecular complexity index is 2780. The molecule has 0 bridgehead atoms. The Morgan fingerprint density at radius 2 is 1.71 bits per heavy atom. The summed E-state index contributed by atoms with van der Waals surface area (Å²) >= 11 is 13.6. The van der Waals surface area contributed by atoms with Crippen LogP contribution in [0.4, 0.5) is 5.69 Å². The van der Waals surface area contributed by atoms with Gasteiger partial charge in [0.15, 0.2) is 5.69 Å². The monoisotopic (exact) mass is 818 g/mol. The van der Waals surface area contributed by atoms with Crippen LogP contribution < -0.4 is 14.4 Å². The standard InChI is InChI=1S/C45H44Cl2N6O5/c1-24-20-30(21-25(2)39(24)47)58-19-11-14-31-32-17-18-34(46)38(37-27(4)49-50(6)28(37)5)40(32)53-26(3)22-52(44(54)42(31)53)41-33-13-8-9-15-35(33)51(43(41)45(55)56)23-29-12-10-16-36(48-29)57-7/h8-10,12-13,15-18,20-21,26H,11,14,19,22-23H2,1-7H3,(H,55,56)/t26-/m1/s1. The van der Waals surface area contributed by atoms with E-state index >= 15 is 4.79 Å². The van der Waals surface area contributed by atoms with Crippen molar-refractivity contribution in [3.05, 3.63) is 122 Å². The average molecular weight is 820 g/mol. The molecule has 11 nitrogen and oxygen atoms in total. The number of aryl methyl sites for hydroxylation is 5. The fourth-order valence-electron chi connectivity index (χ4n) is 8.68. The van der Waals surface area contributed by atoms with Crippen molar-refractivity contribution in [2.45, 2.75) is 60.0 Å². The van der Waals surface area contributed by atoms with Gasteiger partial charge in [-0.15, -0.1) is 0 Å². The molecule has 1 amide bonds. The number of carbonyl (C=O) groups is 2. The van der Waals surface area contributed by atoms with Crippen LogP contribution in [-0.2, 0) is 20.0 Å². The number of hydrogen-bond donors (Lipinski definition) is 1. The lowest BCUT2D eigenvalue weighted by Crippen LogP contribution is -2.43. The number of pyridine rings is 1. The summed E-state index contributed by atoms with van der Waals surface area (Å²) in [5, 5.41) is 18.5. The van der Waals surface area contributed by atoms with Crippen molar-refractivity contribution in [3.63, 3.8) is 0 Å². The van der Waals surface area contributed by atoms with Gasteiger partial charge in [-0.25, -0.2) is 9.78 Å². The molecule has 58 heavy (non-hydrogen) atoms. The molecule has 5 heterocycles. The number of aromatic nitrogens is 5. The molecule has 0 unspecified atom stereocenters. The van der Waals surface area contributed by atoms with Crippen molar-refractivity contribution < 1.29 is 24.2 Å². The number of nitrogens with zero attached hydrogens (tertiary/aromatic N) is 6. The number of anilines is 1. The topological polar surface area (TPSA) is 117 Å². The summed E-state index contributed by atoms with van der Waals surface area (Å²) in [6, 6.07) is 20.4. The summed E-state index contributed by atoms with van der Waals surface area (Å²) in [6.45, 7) is 10.7. The van der Waals surface area contributed by atoms with E-state index in [-0.39, 0.29) is 30.7 Å². The van der Waals surface area contributed by atoms with Gasteiger partial charge in [-0.1, -0.05) is 53.5 Å². The Hall–Kier alpha value is -5.78. The number of ether oxygens (including phenoxy) is 2. The zero-order chi connectivity index (χ0) is 41.2. The lowest BCUT2D eigenvalue weighted by Gasteiger charge is -2.34. The molecule has 4 aromatic heterocycles. The fourth-order valence-corrected chi connectivity index (χ4v) is 9.04. The van der Waals surface area contributed by atoms with Crippen molar-refractivity contribution in [3.8, 4) is 22.8 Å². The Morgan fingerprint density at radius 3 is 2.40 bits per heavy atom. The highest BCUT2D eigenvalue weighted by Gasteiger charge is 2.40. The molecule has 3 aromatic carbocycles. The second-order valence-corrected chi connectivity index (χ2v) is 15.8. The molecule has 1 atom stereocenters. The second kappa shape index (κ2) is 15.2. The van der Waals surface area contributed by atoms with Crippen LogP contribution in [0.5, 0.6) is 11.6 Å². The van der Waals surface area contributed by atoms with E-state index in [0.29, 0.717) is 58.3 Å². The molecular weight excluding hydrogens is 775 g/mol. The molecule has 0 saturated carbocycles. The van der Waals surface area contributed by atoms with Crippen LogP contribution in [-0.4, -0.2) is 61.1 Å². The molecule has 0 fully saturated rings. The number of carboxylic acid groups (broad SMARTS) is 1. The molecule has 7 aromatic rings. The van der Waals surface area contributed by atoms with Gasteiger partial charge < -0.3 is 28.6 Å².